The van der Waals surface area contributed by atoms with Crippen LogP contribution in [0, 0.1) is 0 Å². The molecule has 3 aromatic rings. The van der Waals surface area contributed by atoms with Gasteiger partial charge in [0.15, 0.2) is 5.65 Å². The lowest BCUT2D eigenvalue weighted by Gasteiger charge is -2.04. The average Bonchev–Trinajstić information content (AvgIpc) is 3.00. The van der Waals surface area contributed by atoms with Crippen LogP contribution >= 0.6 is 0 Å². The highest BCUT2D eigenvalue weighted by Crippen LogP contribution is 2.22. The highest BCUT2D eigenvalue weighted by molar-refractivity contribution is 5.94. The summed E-state index contributed by atoms with van der Waals surface area (Å²) in [6.07, 6.45) is 3.63. The zero-order valence-corrected chi connectivity index (χ0v) is 12.8. The molecule has 0 aliphatic carbocycles. The average molecular weight is 324 g/mol. The number of nitrogens with two attached hydrogens (primary N) is 1. The molecule has 4 N–H and O–H groups in total. The molecule has 0 bridgehead atoms. The molecule has 0 fully saturated rings. The molecule has 0 aliphatic heterocycles. The zero-order valence-electron chi connectivity index (χ0n) is 12.8. The predicted octanol–water partition coefficient (Wildman–Crippen LogP) is 1.79. The van der Waals surface area contributed by atoms with Crippen LogP contribution in [0.1, 0.15) is 16.8 Å². The van der Waals surface area contributed by atoms with E-state index >= 15 is 0 Å². The summed E-state index contributed by atoms with van der Waals surface area (Å²) in [5, 5.41) is 11.1. The molecule has 0 atom stereocenters. The van der Waals surface area contributed by atoms with Crippen LogP contribution in [-0.2, 0) is 4.79 Å². The van der Waals surface area contributed by atoms with Crippen LogP contribution in [0.3, 0.4) is 0 Å². The fraction of sp³-hybridized carbons (Fsp3) is 0.118. The van der Waals surface area contributed by atoms with Crippen molar-refractivity contribution in [2.75, 3.05) is 12.3 Å². The van der Waals surface area contributed by atoms with Gasteiger partial charge in [0, 0.05) is 30.1 Å². The third-order valence-electron chi connectivity index (χ3n) is 3.58. The molecule has 0 aliphatic rings. The maximum Gasteiger partial charge on any atom is 0.305 e. The number of hydrogen-bond acceptors (Lipinski definition) is 4. The summed E-state index contributed by atoms with van der Waals surface area (Å²) in [7, 11) is 0. The number of carboxylic acids is 1. The predicted molar refractivity (Wildman–Crippen MR) is 89.6 cm³/mol. The number of rotatable bonds is 5. The Morgan fingerprint density at radius 3 is 2.62 bits per heavy atom. The molecule has 0 saturated heterocycles. The van der Waals surface area contributed by atoms with Crippen molar-refractivity contribution in [3.63, 3.8) is 0 Å². The quantitative estimate of drug-likeness (QED) is 0.663. The second kappa shape index (κ2) is 6.41. The first-order chi connectivity index (χ1) is 11.5. The fourth-order valence-corrected chi connectivity index (χ4v) is 2.35. The number of benzene rings is 1. The van der Waals surface area contributed by atoms with E-state index in [1.54, 1.807) is 30.3 Å². The zero-order chi connectivity index (χ0) is 17.1. The number of anilines is 1. The number of nitrogen functional groups attached to an aromatic ring is 1. The maximum atomic E-state index is 11.9. The number of nitrogens with zero attached hydrogens (tertiary/aromatic N) is 2. The largest absolute Gasteiger partial charge is 0.481 e. The van der Waals surface area contributed by atoms with E-state index in [1.165, 1.54) is 0 Å². The molecular weight excluding hydrogens is 308 g/mol. The van der Waals surface area contributed by atoms with Crippen LogP contribution in [0.25, 0.3) is 16.9 Å². The normalized spacial score (nSPS) is 10.7. The Bertz CT molecular complexity index is 900. The fourth-order valence-electron chi connectivity index (χ4n) is 2.35. The van der Waals surface area contributed by atoms with Gasteiger partial charge in [-0.05, 0) is 24.3 Å². The molecule has 3 rings (SSSR count). The third kappa shape index (κ3) is 3.19. The summed E-state index contributed by atoms with van der Waals surface area (Å²) in [6, 6.07) is 10.6. The number of aromatic nitrogens is 2. The molecule has 1 amide bonds. The van der Waals surface area contributed by atoms with Crippen molar-refractivity contribution in [2.45, 2.75) is 6.42 Å². The van der Waals surface area contributed by atoms with Gasteiger partial charge in [-0.1, -0.05) is 12.1 Å². The maximum absolute atomic E-state index is 11.9. The van der Waals surface area contributed by atoms with E-state index in [0.29, 0.717) is 16.9 Å². The second-order valence-corrected chi connectivity index (χ2v) is 5.30. The van der Waals surface area contributed by atoms with Crippen LogP contribution in [0.4, 0.5) is 5.69 Å². The molecule has 1 aromatic carbocycles. The molecule has 122 valence electrons. The topological polar surface area (TPSA) is 110 Å². The number of amides is 1. The van der Waals surface area contributed by atoms with E-state index in [9.17, 15) is 9.59 Å². The number of imidazole rings is 1. The molecule has 0 spiro atoms. The van der Waals surface area contributed by atoms with Crippen molar-refractivity contribution in [3.8, 4) is 11.3 Å². The Morgan fingerprint density at radius 1 is 1.21 bits per heavy atom. The Hall–Kier alpha value is -3.35. The number of carboxylic acid groups (broad SMARTS) is 1. The van der Waals surface area contributed by atoms with Crippen LogP contribution in [0.15, 0.2) is 48.8 Å². The molecule has 24 heavy (non-hydrogen) atoms. The first-order valence-electron chi connectivity index (χ1n) is 7.38. The van der Waals surface area contributed by atoms with Gasteiger partial charge in [0.05, 0.1) is 17.8 Å². The summed E-state index contributed by atoms with van der Waals surface area (Å²) >= 11 is 0. The van der Waals surface area contributed by atoms with Gasteiger partial charge in [0.25, 0.3) is 5.91 Å². The van der Waals surface area contributed by atoms with Gasteiger partial charge >= 0.3 is 5.97 Å². The summed E-state index contributed by atoms with van der Waals surface area (Å²) in [6.45, 7) is 0.0988. The first kappa shape index (κ1) is 15.5. The van der Waals surface area contributed by atoms with Crippen molar-refractivity contribution in [2.24, 2.45) is 0 Å². The number of fused-ring (bicyclic) bond motifs is 1. The van der Waals surface area contributed by atoms with Crippen molar-refractivity contribution in [1.82, 2.24) is 14.7 Å². The van der Waals surface area contributed by atoms with Gasteiger partial charge in [-0.3, -0.25) is 9.59 Å². The number of pyridine rings is 1. The molecule has 0 saturated carbocycles. The third-order valence-corrected chi connectivity index (χ3v) is 3.58. The highest BCUT2D eigenvalue weighted by Gasteiger charge is 2.09. The van der Waals surface area contributed by atoms with Gasteiger partial charge in [-0.25, -0.2) is 4.98 Å². The lowest BCUT2D eigenvalue weighted by molar-refractivity contribution is -0.136. The lowest BCUT2D eigenvalue weighted by atomic mass is 10.1. The van der Waals surface area contributed by atoms with Crippen molar-refractivity contribution < 1.29 is 14.7 Å². The molecule has 2 aromatic heterocycles. The van der Waals surface area contributed by atoms with Crippen molar-refractivity contribution in [3.05, 3.63) is 54.4 Å². The Labute approximate surface area is 137 Å². The molecule has 0 unspecified atom stereocenters. The van der Waals surface area contributed by atoms with E-state index < -0.39 is 5.97 Å². The summed E-state index contributed by atoms with van der Waals surface area (Å²) in [4.78, 5) is 26.9. The van der Waals surface area contributed by atoms with Gasteiger partial charge in [-0.2, -0.15) is 0 Å². The molecule has 7 nitrogen and oxygen atoms in total. The summed E-state index contributed by atoms with van der Waals surface area (Å²) in [5.41, 5.74) is 9.26. The number of carbonyl (C=O) groups excluding carboxylic acids is 1. The highest BCUT2D eigenvalue weighted by atomic mass is 16.4. The van der Waals surface area contributed by atoms with E-state index in [0.717, 1.165) is 11.3 Å². The SMILES string of the molecule is Nc1cccn2cc(-c3ccc(C(=O)NCCC(=O)O)cc3)nc12. The van der Waals surface area contributed by atoms with E-state index in [4.69, 9.17) is 10.8 Å². The minimum Gasteiger partial charge on any atom is -0.481 e. The van der Waals surface area contributed by atoms with E-state index in [2.05, 4.69) is 10.3 Å². The molecule has 0 radical (unpaired) electrons. The molecular formula is C17H16N4O3. The Morgan fingerprint density at radius 2 is 1.96 bits per heavy atom. The Balaban J connectivity index is 1.77. The smallest absolute Gasteiger partial charge is 0.305 e. The number of hydrogen-bond donors (Lipinski definition) is 3. The van der Waals surface area contributed by atoms with Gasteiger partial charge < -0.3 is 20.6 Å². The summed E-state index contributed by atoms with van der Waals surface area (Å²) in [5.74, 6) is -1.25. The van der Waals surface area contributed by atoms with Gasteiger partial charge in [-0.15, -0.1) is 0 Å². The first-order valence-corrected chi connectivity index (χ1v) is 7.38. The summed E-state index contributed by atoms with van der Waals surface area (Å²) < 4.78 is 1.84. The van der Waals surface area contributed by atoms with Crippen molar-refractivity contribution >= 4 is 23.2 Å². The van der Waals surface area contributed by atoms with E-state index in [-0.39, 0.29) is 18.9 Å². The van der Waals surface area contributed by atoms with Crippen LogP contribution < -0.4 is 11.1 Å². The van der Waals surface area contributed by atoms with Crippen LogP contribution in [-0.4, -0.2) is 32.9 Å². The van der Waals surface area contributed by atoms with Crippen LogP contribution in [0.2, 0.25) is 0 Å². The lowest BCUT2D eigenvalue weighted by Crippen LogP contribution is -2.25. The van der Waals surface area contributed by atoms with Crippen LogP contribution in [0.5, 0.6) is 0 Å². The van der Waals surface area contributed by atoms with Crippen molar-refractivity contribution in [1.29, 1.82) is 0 Å². The molecule has 7 heteroatoms. The van der Waals surface area contributed by atoms with Gasteiger partial charge in [0.2, 0.25) is 0 Å². The second-order valence-electron chi connectivity index (χ2n) is 5.30. The monoisotopic (exact) mass is 324 g/mol. The minimum absolute atomic E-state index is 0.0988. The molecule has 2 heterocycles. The number of carbonyl (C=O) groups is 2. The number of aliphatic carboxylic acids is 1. The minimum atomic E-state index is -0.947. The number of nitrogens with one attached hydrogen (secondary N) is 1. The Kier molecular flexibility index (Phi) is 4.15. The van der Waals surface area contributed by atoms with Gasteiger partial charge in [0.1, 0.15) is 0 Å². The standard InChI is InChI=1S/C17H16N4O3/c18-13-2-1-9-21-10-14(20-16(13)21)11-3-5-12(6-4-11)17(24)19-8-7-15(22)23/h1-6,9-10H,7-8,18H2,(H,19,24)(H,22,23). The van der Waals surface area contributed by atoms with E-state index in [1.807, 2.05) is 22.9 Å².